The zero-order valence-corrected chi connectivity index (χ0v) is 15.2. The van der Waals surface area contributed by atoms with Gasteiger partial charge < -0.3 is 9.80 Å². The van der Waals surface area contributed by atoms with E-state index >= 15 is 0 Å². The van der Waals surface area contributed by atoms with E-state index in [2.05, 4.69) is 22.5 Å². The molecule has 0 aliphatic carbocycles. The van der Waals surface area contributed by atoms with Crippen LogP contribution in [0.1, 0.15) is 31.2 Å². The highest BCUT2D eigenvalue weighted by molar-refractivity contribution is 9.10. The maximum atomic E-state index is 14.0. The molecule has 0 unspecified atom stereocenters. The van der Waals surface area contributed by atoms with Crippen molar-refractivity contribution in [1.82, 2.24) is 9.80 Å². The lowest BCUT2D eigenvalue weighted by molar-refractivity contribution is -0.140. The number of carbonyl (C=O) groups excluding carboxylic acids is 2. The van der Waals surface area contributed by atoms with Gasteiger partial charge in [-0.2, -0.15) is 0 Å². The monoisotopic (exact) mass is 396 g/mol. The standard InChI is InChI=1S/C18H22BrFN2O2/c1-2-9-21(12-14-11-15(19)7-8-16(14)20)18(24)13-22-10-5-3-4-6-17(22)23/h2,7-8,11H,1,3-6,9-10,12-13H2. The number of halogens is 2. The summed E-state index contributed by atoms with van der Waals surface area (Å²) in [6, 6.07) is 4.65. The fourth-order valence-electron chi connectivity index (χ4n) is 2.75. The Labute approximate surface area is 150 Å². The molecule has 1 heterocycles. The molecule has 0 spiro atoms. The van der Waals surface area contributed by atoms with E-state index in [0.29, 0.717) is 25.1 Å². The molecule has 4 nitrogen and oxygen atoms in total. The van der Waals surface area contributed by atoms with E-state index in [0.717, 1.165) is 23.7 Å². The molecule has 1 aliphatic rings. The molecule has 130 valence electrons. The van der Waals surface area contributed by atoms with Gasteiger partial charge in [-0.05, 0) is 31.0 Å². The van der Waals surface area contributed by atoms with Crippen molar-refractivity contribution in [2.45, 2.75) is 32.2 Å². The Kier molecular flexibility index (Phi) is 6.97. The van der Waals surface area contributed by atoms with Crippen LogP contribution in [0, 0.1) is 5.82 Å². The maximum absolute atomic E-state index is 14.0. The zero-order valence-electron chi connectivity index (χ0n) is 13.6. The van der Waals surface area contributed by atoms with Gasteiger partial charge in [-0.3, -0.25) is 9.59 Å². The fraction of sp³-hybridized carbons (Fsp3) is 0.444. The van der Waals surface area contributed by atoms with Gasteiger partial charge in [0.1, 0.15) is 5.82 Å². The van der Waals surface area contributed by atoms with Crippen molar-refractivity contribution in [3.05, 3.63) is 46.7 Å². The summed E-state index contributed by atoms with van der Waals surface area (Å²) in [6.45, 7) is 4.78. The summed E-state index contributed by atoms with van der Waals surface area (Å²) in [4.78, 5) is 27.8. The third kappa shape index (κ3) is 5.16. The summed E-state index contributed by atoms with van der Waals surface area (Å²) in [6.07, 6.45) is 4.91. The lowest BCUT2D eigenvalue weighted by atomic mass is 10.2. The average Bonchev–Trinajstić information content (AvgIpc) is 2.75. The summed E-state index contributed by atoms with van der Waals surface area (Å²) in [5, 5.41) is 0. The third-order valence-corrected chi connectivity index (χ3v) is 4.56. The number of rotatable bonds is 6. The maximum Gasteiger partial charge on any atom is 0.242 e. The van der Waals surface area contributed by atoms with Crippen LogP contribution in [0.2, 0.25) is 0 Å². The SMILES string of the molecule is C=CCN(Cc1cc(Br)ccc1F)C(=O)CN1CCCCCC1=O. The number of nitrogens with zero attached hydrogens (tertiary/aromatic N) is 2. The summed E-state index contributed by atoms with van der Waals surface area (Å²) in [5.41, 5.74) is 0.432. The van der Waals surface area contributed by atoms with Crippen molar-refractivity contribution >= 4 is 27.7 Å². The van der Waals surface area contributed by atoms with Crippen molar-refractivity contribution in [1.29, 1.82) is 0 Å². The lowest BCUT2D eigenvalue weighted by Gasteiger charge is -2.26. The molecule has 0 N–H and O–H groups in total. The van der Waals surface area contributed by atoms with Crippen molar-refractivity contribution in [2.24, 2.45) is 0 Å². The second kappa shape index (κ2) is 8.97. The highest BCUT2D eigenvalue weighted by Gasteiger charge is 2.22. The Morgan fingerprint density at radius 1 is 1.38 bits per heavy atom. The van der Waals surface area contributed by atoms with Crippen molar-refractivity contribution in [3.63, 3.8) is 0 Å². The van der Waals surface area contributed by atoms with Crippen LogP contribution < -0.4 is 0 Å². The van der Waals surface area contributed by atoms with Crippen molar-refractivity contribution < 1.29 is 14.0 Å². The van der Waals surface area contributed by atoms with Gasteiger partial charge in [-0.15, -0.1) is 6.58 Å². The summed E-state index contributed by atoms with van der Waals surface area (Å²) in [5.74, 6) is -0.525. The number of carbonyl (C=O) groups is 2. The molecule has 6 heteroatoms. The van der Waals surface area contributed by atoms with Crippen LogP contribution in [0.4, 0.5) is 4.39 Å². The summed E-state index contributed by atoms with van der Waals surface area (Å²) < 4.78 is 14.7. The summed E-state index contributed by atoms with van der Waals surface area (Å²) >= 11 is 3.32. The van der Waals surface area contributed by atoms with E-state index in [1.807, 2.05) is 0 Å². The molecule has 2 amide bonds. The minimum absolute atomic E-state index is 0.0213. The van der Waals surface area contributed by atoms with Gasteiger partial charge >= 0.3 is 0 Å². The third-order valence-electron chi connectivity index (χ3n) is 4.07. The summed E-state index contributed by atoms with van der Waals surface area (Å²) in [7, 11) is 0. The van der Waals surface area contributed by atoms with Gasteiger partial charge in [0.05, 0.1) is 6.54 Å². The first-order chi connectivity index (χ1) is 11.5. The predicted octanol–water partition coefficient (Wildman–Crippen LogP) is 3.51. The van der Waals surface area contributed by atoms with E-state index in [4.69, 9.17) is 0 Å². The molecule has 1 aromatic carbocycles. The fourth-order valence-corrected chi connectivity index (χ4v) is 3.16. The van der Waals surface area contributed by atoms with Crippen molar-refractivity contribution in [3.8, 4) is 0 Å². The molecule has 0 atom stereocenters. The minimum atomic E-state index is -0.356. The van der Waals surface area contributed by atoms with E-state index in [1.54, 1.807) is 23.1 Å². The van der Waals surface area contributed by atoms with Crippen LogP contribution in [0.15, 0.2) is 35.3 Å². The van der Waals surface area contributed by atoms with Gasteiger partial charge in [0.2, 0.25) is 11.8 Å². The molecule has 1 fully saturated rings. The first kappa shape index (κ1) is 18.6. The molecule has 1 saturated heterocycles. The molecule has 0 radical (unpaired) electrons. The molecule has 0 saturated carbocycles. The Morgan fingerprint density at radius 3 is 2.92 bits per heavy atom. The number of hydrogen-bond donors (Lipinski definition) is 0. The second-order valence-electron chi connectivity index (χ2n) is 5.92. The first-order valence-electron chi connectivity index (χ1n) is 8.11. The van der Waals surface area contributed by atoms with E-state index in [1.165, 1.54) is 11.0 Å². The smallest absolute Gasteiger partial charge is 0.242 e. The quantitative estimate of drug-likeness (QED) is 0.690. The van der Waals surface area contributed by atoms with E-state index in [9.17, 15) is 14.0 Å². The van der Waals surface area contributed by atoms with Crippen LogP contribution in [0.25, 0.3) is 0 Å². The van der Waals surface area contributed by atoms with E-state index in [-0.39, 0.29) is 30.7 Å². The Hall–Kier alpha value is -1.69. The van der Waals surface area contributed by atoms with Gasteiger partial charge in [0, 0.05) is 36.1 Å². The molecule has 0 aromatic heterocycles. The Morgan fingerprint density at radius 2 is 2.17 bits per heavy atom. The normalized spacial score (nSPS) is 15.1. The van der Waals surface area contributed by atoms with Gasteiger partial charge in [0.15, 0.2) is 0 Å². The highest BCUT2D eigenvalue weighted by atomic mass is 79.9. The molecule has 1 aliphatic heterocycles. The van der Waals surface area contributed by atoms with Gasteiger partial charge in [-0.25, -0.2) is 4.39 Å². The Bertz CT molecular complexity index is 621. The van der Waals surface area contributed by atoms with Crippen molar-refractivity contribution in [2.75, 3.05) is 19.6 Å². The lowest BCUT2D eigenvalue weighted by Crippen LogP contribution is -2.42. The van der Waals surface area contributed by atoms with Crippen LogP contribution >= 0.6 is 15.9 Å². The van der Waals surface area contributed by atoms with Crippen LogP contribution in [-0.4, -0.2) is 41.2 Å². The number of likely N-dealkylation sites (tertiary alicyclic amines) is 1. The molecular formula is C18H22BrFN2O2. The Balaban J connectivity index is 2.08. The van der Waals surface area contributed by atoms with Gasteiger partial charge in [0.25, 0.3) is 0 Å². The number of benzene rings is 1. The second-order valence-corrected chi connectivity index (χ2v) is 6.84. The van der Waals surface area contributed by atoms with Gasteiger partial charge in [-0.1, -0.05) is 28.4 Å². The molecule has 0 bridgehead atoms. The largest absolute Gasteiger partial charge is 0.333 e. The van der Waals surface area contributed by atoms with Crippen LogP contribution in [0.3, 0.4) is 0 Å². The number of hydrogen-bond acceptors (Lipinski definition) is 2. The first-order valence-corrected chi connectivity index (χ1v) is 8.91. The van der Waals surface area contributed by atoms with E-state index < -0.39 is 0 Å². The highest BCUT2D eigenvalue weighted by Crippen LogP contribution is 2.18. The average molecular weight is 397 g/mol. The van der Waals surface area contributed by atoms with Crippen LogP contribution in [0.5, 0.6) is 0 Å². The topological polar surface area (TPSA) is 40.6 Å². The molecule has 24 heavy (non-hydrogen) atoms. The number of amides is 2. The minimum Gasteiger partial charge on any atom is -0.333 e. The zero-order chi connectivity index (χ0) is 17.5. The van der Waals surface area contributed by atoms with Crippen LogP contribution in [-0.2, 0) is 16.1 Å². The molecule has 2 rings (SSSR count). The molecule has 1 aromatic rings. The predicted molar refractivity (Wildman–Crippen MR) is 94.8 cm³/mol. The molecular weight excluding hydrogens is 375 g/mol.